The first-order chi connectivity index (χ1) is 16.7. The molecule has 5 rings (SSSR count). The highest BCUT2D eigenvalue weighted by Gasteiger charge is 2.23. The zero-order valence-electron chi connectivity index (χ0n) is 19.5. The van der Waals surface area contributed by atoms with E-state index in [1.807, 2.05) is 28.9 Å². The Balaban J connectivity index is 1.56. The summed E-state index contributed by atoms with van der Waals surface area (Å²) in [7, 11) is 0. The molecule has 5 heterocycles. The summed E-state index contributed by atoms with van der Waals surface area (Å²) < 4.78 is 15.1. The van der Waals surface area contributed by atoms with Crippen LogP contribution in [0.2, 0.25) is 0 Å². The number of ether oxygens (including phenoxy) is 2. The van der Waals surface area contributed by atoms with E-state index in [-0.39, 0.29) is 5.78 Å². The number of imidazole rings is 2. The summed E-state index contributed by atoms with van der Waals surface area (Å²) in [4.78, 5) is 28.6. The van der Waals surface area contributed by atoms with Crippen molar-refractivity contribution in [2.75, 3.05) is 51.3 Å². The van der Waals surface area contributed by atoms with Crippen LogP contribution in [0, 0.1) is 0 Å². The van der Waals surface area contributed by atoms with Crippen molar-refractivity contribution in [2.24, 2.45) is 0 Å². The molecule has 10 heteroatoms. The molecule has 1 N–H and O–H groups in total. The van der Waals surface area contributed by atoms with E-state index < -0.39 is 0 Å². The van der Waals surface area contributed by atoms with Crippen molar-refractivity contribution in [3.63, 3.8) is 0 Å². The van der Waals surface area contributed by atoms with Crippen molar-refractivity contribution < 1.29 is 14.3 Å². The molecule has 4 aromatic heterocycles. The van der Waals surface area contributed by atoms with E-state index in [1.165, 1.54) is 6.92 Å². The summed E-state index contributed by atoms with van der Waals surface area (Å²) >= 11 is 0. The third-order valence-electron chi connectivity index (χ3n) is 5.88. The van der Waals surface area contributed by atoms with Gasteiger partial charge in [-0.3, -0.25) is 23.5 Å². The van der Waals surface area contributed by atoms with E-state index in [0.29, 0.717) is 29.5 Å². The van der Waals surface area contributed by atoms with Gasteiger partial charge in [-0.1, -0.05) is 6.92 Å². The Morgan fingerprint density at radius 1 is 1.18 bits per heavy atom. The third kappa shape index (κ3) is 4.34. The van der Waals surface area contributed by atoms with E-state index in [4.69, 9.17) is 19.4 Å². The van der Waals surface area contributed by atoms with Gasteiger partial charge in [-0.05, 0) is 12.5 Å². The largest absolute Gasteiger partial charge is 0.493 e. The van der Waals surface area contributed by atoms with Crippen LogP contribution in [0.15, 0.2) is 36.9 Å². The molecule has 178 valence electrons. The van der Waals surface area contributed by atoms with Crippen LogP contribution in [0.1, 0.15) is 30.9 Å². The number of nitrogens with zero attached hydrogens (tertiary/aromatic N) is 6. The van der Waals surface area contributed by atoms with Crippen LogP contribution in [0.5, 0.6) is 5.75 Å². The number of fused-ring (bicyclic) bond motifs is 2. The number of aromatic nitrogens is 5. The summed E-state index contributed by atoms with van der Waals surface area (Å²) in [5.74, 6) is 1.80. The first kappa shape index (κ1) is 22.3. The molecule has 0 bridgehead atoms. The number of Topliss-reactive ketones (excluding diaryl/α,β-unsaturated/α-hetero) is 1. The Morgan fingerprint density at radius 3 is 2.82 bits per heavy atom. The summed E-state index contributed by atoms with van der Waals surface area (Å²) in [5.41, 5.74) is 2.78. The number of nitrogens with one attached hydrogen (secondary N) is 1. The summed E-state index contributed by atoms with van der Waals surface area (Å²) in [6, 6.07) is 3.78. The number of hydrogen-bond donors (Lipinski definition) is 1. The SMILES string of the molecule is CCCOc1ccn2c(C(C)=O)nc(-c3nc4cnccn4c3NCCN3CCOCC3)c2c1. The molecule has 0 unspecified atom stereocenters. The van der Waals surface area contributed by atoms with Gasteiger partial charge in [0.2, 0.25) is 0 Å². The van der Waals surface area contributed by atoms with E-state index in [9.17, 15) is 4.79 Å². The van der Waals surface area contributed by atoms with E-state index in [0.717, 1.165) is 62.9 Å². The second-order valence-corrected chi connectivity index (χ2v) is 8.30. The van der Waals surface area contributed by atoms with Crippen molar-refractivity contribution in [1.82, 2.24) is 28.7 Å². The molecule has 0 amide bonds. The highest BCUT2D eigenvalue weighted by atomic mass is 16.5. The van der Waals surface area contributed by atoms with Gasteiger partial charge in [-0.25, -0.2) is 9.97 Å². The maximum absolute atomic E-state index is 12.4. The smallest absolute Gasteiger partial charge is 0.195 e. The average molecular weight is 464 g/mol. The van der Waals surface area contributed by atoms with Gasteiger partial charge in [-0.2, -0.15) is 0 Å². The fourth-order valence-corrected chi connectivity index (χ4v) is 4.20. The monoisotopic (exact) mass is 463 g/mol. The zero-order valence-corrected chi connectivity index (χ0v) is 19.5. The molecule has 34 heavy (non-hydrogen) atoms. The predicted molar refractivity (Wildman–Crippen MR) is 129 cm³/mol. The average Bonchev–Trinajstić information content (AvgIpc) is 3.42. The minimum absolute atomic E-state index is 0.115. The highest BCUT2D eigenvalue weighted by Crippen LogP contribution is 2.33. The topological polar surface area (TPSA) is 98.3 Å². The van der Waals surface area contributed by atoms with Crippen molar-refractivity contribution in [3.05, 3.63) is 42.7 Å². The lowest BCUT2D eigenvalue weighted by Gasteiger charge is -2.26. The van der Waals surface area contributed by atoms with Gasteiger partial charge in [0, 0.05) is 57.8 Å². The number of pyridine rings is 1. The Hall–Kier alpha value is -3.50. The van der Waals surface area contributed by atoms with E-state index in [2.05, 4.69) is 22.1 Å². The molecule has 10 nitrogen and oxygen atoms in total. The number of anilines is 1. The highest BCUT2D eigenvalue weighted by molar-refractivity contribution is 5.95. The molecule has 1 aliphatic rings. The van der Waals surface area contributed by atoms with Gasteiger partial charge in [-0.15, -0.1) is 0 Å². The standard InChI is InChI=1S/C24H29N7O3/c1-3-12-34-18-4-7-30-19(15-18)21(28-23(30)17(2)32)22-24(31-9-5-25-16-20(31)27-22)26-6-8-29-10-13-33-14-11-29/h4-5,7,9,15-16,26H,3,6,8,10-14H2,1-2H3. The van der Waals surface area contributed by atoms with Crippen molar-refractivity contribution >= 4 is 22.8 Å². The number of morpholine rings is 1. The molecular formula is C24H29N7O3. The van der Waals surface area contributed by atoms with Crippen molar-refractivity contribution in [3.8, 4) is 17.1 Å². The second kappa shape index (κ2) is 9.78. The molecule has 4 aromatic rings. The maximum Gasteiger partial charge on any atom is 0.195 e. The van der Waals surface area contributed by atoms with Gasteiger partial charge < -0.3 is 14.8 Å². The minimum Gasteiger partial charge on any atom is -0.493 e. The molecule has 0 aromatic carbocycles. The van der Waals surface area contributed by atoms with Gasteiger partial charge in [0.15, 0.2) is 17.3 Å². The number of ketones is 1. The fourth-order valence-electron chi connectivity index (χ4n) is 4.20. The normalized spacial score (nSPS) is 14.6. The van der Waals surface area contributed by atoms with Crippen LogP contribution in [-0.2, 0) is 4.74 Å². The lowest BCUT2D eigenvalue weighted by Crippen LogP contribution is -2.39. The van der Waals surface area contributed by atoms with Crippen LogP contribution in [0.4, 0.5) is 5.82 Å². The van der Waals surface area contributed by atoms with Crippen molar-refractivity contribution in [1.29, 1.82) is 0 Å². The van der Waals surface area contributed by atoms with Crippen LogP contribution in [0.3, 0.4) is 0 Å². The Bertz CT molecular complexity index is 1310. The minimum atomic E-state index is -0.115. The first-order valence-corrected chi connectivity index (χ1v) is 11.7. The zero-order chi connectivity index (χ0) is 23.5. The molecule has 0 radical (unpaired) electrons. The third-order valence-corrected chi connectivity index (χ3v) is 5.88. The lowest BCUT2D eigenvalue weighted by atomic mass is 10.2. The van der Waals surface area contributed by atoms with E-state index in [1.54, 1.807) is 16.8 Å². The summed E-state index contributed by atoms with van der Waals surface area (Å²) in [6.45, 7) is 9.23. The molecule has 1 fully saturated rings. The van der Waals surface area contributed by atoms with Crippen LogP contribution in [-0.4, -0.2) is 80.4 Å². The number of carbonyl (C=O) groups is 1. The molecule has 0 spiro atoms. The number of carbonyl (C=O) groups excluding carboxylic acids is 1. The van der Waals surface area contributed by atoms with Gasteiger partial charge in [0.25, 0.3) is 0 Å². The summed E-state index contributed by atoms with van der Waals surface area (Å²) in [5, 5.41) is 3.56. The van der Waals surface area contributed by atoms with E-state index >= 15 is 0 Å². The first-order valence-electron chi connectivity index (χ1n) is 11.7. The quantitative estimate of drug-likeness (QED) is 0.379. The molecule has 0 aliphatic carbocycles. The van der Waals surface area contributed by atoms with Crippen LogP contribution >= 0.6 is 0 Å². The summed E-state index contributed by atoms with van der Waals surface area (Å²) in [6.07, 6.45) is 8.07. The molecular weight excluding hydrogens is 434 g/mol. The Labute approximate surface area is 197 Å². The molecule has 0 atom stereocenters. The Morgan fingerprint density at radius 2 is 2.03 bits per heavy atom. The van der Waals surface area contributed by atoms with Gasteiger partial charge in [0.1, 0.15) is 23.0 Å². The number of rotatable bonds is 9. The molecule has 0 saturated carbocycles. The van der Waals surface area contributed by atoms with Gasteiger partial charge in [0.05, 0.1) is 31.5 Å². The van der Waals surface area contributed by atoms with Crippen LogP contribution < -0.4 is 10.1 Å². The fraction of sp³-hybridized carbons (Fsp3) is 0.417. The van der Waals surface area contributed by atoms with Crippen LogP contribution in [0.25, 0.3) is 22.6 Å². The maximum atomic E-state index is 12.4. The predicted octanol–water partition coefficient (Wildman–Crippen LogP) is 2.78. The Kier molecular flexibility index (Phi) is 6.41. The van der Waals surface area contributed by atoms with Crippen molar-refractivity contribution in [2.45, 2.75) is 20.3 Å². The number of hydrogen-bond acceptors (Lipinski definition) is 8. The molecule has 1 saturated heterocycles. The second-order valence-electron chi connectivity index (χ2n) is 8.30. The van der Waals surface area contributed by atoms with Gasteiger partial charge >= 0.3 is 0 Å². The lowest BCUT2D eigenvalue weighted by molar-refractivity contribution is 0.0398. The molecule has 1 aliphatic heterocycles.